The van der Waals surface area contributed by atoms with Crippen molar-refractivity contribution >= 4 is 28.6 Å². The minimum Gasteiger partial charge on any atom is -0.398 e. The van der Waals surface area contributed by atoms with Crippen LogP contribution < -0.4 is 11.1 Å². The molecule has 2 heterocycles. The van der Waals surface area contributed by atoms with Crippen molar-refractivity contribution in [2.75, 3.05) is 11.1 Å². The van der Waals surface area contributed by atoms with Crippen molar-refractivity contribution in [3.05, 3.63) is 53.4 Å². The van der Waals surface area contributed by atoms with Gasteiger partial charge in [-0.05, 0) is 29.8 Å². The summed E-state index contributed by atoms with van der Waals surface area (Å²) in [5.41, 5.74) is 11.5. The first-order valence-corrected chi connectivity index (χ1v) is 7.82. The number of nitrogen functional groups attached to an aromatic ring is 1. The molecule has 0 radical (unpaired) electrons. The Balaban J connectivity index is 1.72. The average molecular weight is 307 g/mol. The first-order valence-electron chi connectivity index (χ1n) is 6.94. The smallest absolute Gasteiger partial charge is 0.228 e. The number of rotatable bonds is 2. The molecule has 2 aromatic carbocycles. The van der Waals surface area contributed by atoms with Crippen molar-refractivity contribution in [2.45, 2.75) is 6.42 Å². The molecular weight excluding hydrogens is 294 g/mol. The molecule has 5 heteroatoms. The number of para-hydroxylation sites is 1. The van der Waals surface area contributed by atoms with Crippen LogP contribution in [0, 0.1) is 0 Å². The third kappa shape index (κ3) is 2.16. The Kier molecular flexibility index (Phi) is 2.94. The predicted octanol–water partition coefficient (Wildman–Crippen LogP) is 3.55. The Morgan fingerprint density at radius 3 is 2.91 bits per heavy atom. The van der Waals surface area contributed by atoms with Crippen LogP contribution in [0.4, 0.5) is 11.4 Å². The molecule has 0 atom stereocenters. The van der Waals surface area contributed by atoms with E-state index in [1.807, 2.05) is 47.8 Å². The van der Waals surface area contributed by atoms with E-state index in [1.165, 1.54) is 0 Å². The van der Waals surface area contributed by atoms with Gasteiger partial charge in [-0.15, -0.1) is 11.3 Å². The summed E-state index contributed by atoms with van der Waals surface area (Å²) < 4.78 is 0. The fourth-order valence-corrected chi connectivity index (χ4v) is 3.49. The molecule has 0 unspecified atom stereocenters. The highest BCUT2D eigenvalue weighted by atomic mass is 32.1. The maximum Gasteiger partial charge on any atom is 0.228 e. The zero-order chi connectivity index (χ0) is 15.1. The molecule has 4 nitrogen and oxygen atoms in total. The van der Waals surface area contributed by atoms with Gasteiger partial charge >= 0.3 is 0 Å². The lowest BCUT2D eigenvalue weighted by Gasteiger charge is -2.02. The van der Waals surface area contributed by atoms with Gasteiger partial charge in [0.15, 0.2) is 0 Å². The third-order valence-corrected chi connectivity index (χ3v) is 4.60. The first kappa shape index (κ1) is 13.0. The van der Waals surface area contributed by atoms with E-state index in [1.54, 1.807) is 11.3 Å². The lowest BCUT2D eigenvalue weighted by Crippen LogP contribution is -2.03. The largest absolute Gasteiger partial charge is 0.398 e. The van der Waals surface area contributed by atoms with E-state index in [9.17, 15) is 4.79 Å². The second-order valence-electron chi connectivity index (χ2n) is 5.22. The Labute approximate surface area is 131 Å². The Morgan fingerprint density at radius 1 is 1.18 bits per heavy atom. The van der Waals surface area contributed by atoms with Crippen LogP contribution in [-0.2, 0) is 11.2 Å². The van der Waals surface area contributed by atoms with E-state index in [-0.39, 0.29) is 5.91 Å². The number of hydrogen-bond acceptors (Lipinski definition) is 4. The molecule has 1 amide bonds. The molecule has 1 aromatic heterocycles. The number of carbonyl (C=O) groups is 1. The van der Waals surface area contributed by atoms with Crippen molar-refractivity contribution in [1.29, 1.82) is 0 Å². The van der Waals surface area contributed by atoms with Crippen LogP contribution in [-0.4, -0.2) is 10.9 Å². The van der Waals surface area contributed by atoms with Gasteiger partial charge in [0.25, 0.3) is 0 Å². The van der Waals surface area contributed by atoms with Gasteiger partial charge in [-0.3, -0.25) is 4.79 Å². The summed E-state index contributed by atoms with van der Waals surface area (Å²) in [5, 5.41) is 5.77. The maximum absolute atomic E-state index is 11.4. The molecule has 0 bridgehead atoms. The summed E-state index contributed by atoms with van der Waals surface area (Å²) in [7, 11) is 0. The highest BCUT2D eigenvalue weighted by Crippen LogP contribution is 2.34. The van der Waals surface area contributed by atoms with Crippen molar-refractivity contribution in [2.24, 2.45) is 0 Å². The average Bonchev–Trinajstić information content (AvgIpc) is 3.12. The van der Waals surface area contributed by atoms with Crippen molar-refractivity contribution in [3.8, 4) is 21.8 Å². The molecule has 22 heavy (non-hydrogen) atoms. The molecule has 0 saturated heterocycles. The highest BCUT2D eigenvalue weighted by Gasteiger charge is 2.18. The molecule has 3 aromatic rings. The third-order valence-electron chi connectivity index (χ3n) is 3.72. The normalized spacial score (nSPS) is 13.0. The quantitative estimate of drug-likeness (QED) is 0.711. The fourth-order valence-electron chi connectivity index (χ4n) is 2.61. The van der Waals surface area contributed by atoms with Crippen molar-refractivity contribution < 1.29 is 4.79 Å². The van der Waals surface area contributed by atoms with E-state index in [0.29, 0.717) is 6.42 Å². The number of carbonyl (C=O) groups excluding carboxylic acids is 1. The zero-order valence-corrected chi connectivity index (χ0v) is 12.5. The molecule has 108 valence electrons. The minimum absolute atomic E-state index is 0.0446. The molecule has 0 spiro atoms. The zero-order valence-electron chi connectivity index (χ0n) is 11.7. The number of fused-ring (bicyclic) bond motifs is 1. The molecule has 0 fully saturated rings. The van der Waals surface area contributed by atoms with Gasteiger partial charge in [-0.25, -0.2) is 4.98 Å². The van der Waals surface area contributed by atoms with Gasteiger partial charge in [0, 0.05) is 27.9 Å². The number of amides is 1. The van der Waals surface area contributed by atoms with Gasteiger partial charge in [0.05, 0.1) is 12.1 Å². The Morgan fingerprint density at radius 2 is 2.05 bits per heavy atom. The molecule has 0 aliphatic carbocycles. The Hall–Kier alpha value is -2.66. The number of nitrogens with one attached hydrogen (secondary N) is 1. The summed E-state index contributed by atoms with van der Waals surface area (Å²) >= 11 is 1.57. The topological polar surface area (TPSA) is 68.0 Å². The number of nitrogens with two attached hydrogens (primary N) is 1. The highest BCUT2D eigenvalue weighted by molar-refractivity contribution is 7.13. The van der Waals surface area contributed by atoms with Crippen molar-refractivity contribution in [3.63, 3.8) is 0 Å². The number of hydrogen-bond donors (Lipinski definition) is 2. The van der Waals surface area contributed by atoms with E-state index in [0.717, 1.165) is 38.8 Å². The maximum atomic E-state index is 11.4. The van der Waals surface area contributed by atoms with E-state index in [2.05, 4.69) is 10.3 Å². The van der Waals surface area contributed by atoms with Crippen LogP contribution in [0.1, 0.15) is 5.56 Å². The van der Waals surface area contributed by atoms with Crippen LogP contribution in [0.3, 0.4) is 0 Å². The summed E-state index contributed by atoms with van der Waals surface area (Å²) in [5.74, 6) is 0.0446. The number of aromatic nitrogens is 1. The van der Waals surface area contributed by atoms with Crippen LogP contribution >= 0.6 is 11.3 Å². The van der Waals surface area contributed by atoms with Crippen molar-refractivity contribution in [1.82, 2.24) is 4.98 Å². The van der Waals surface area contributed by atoms with Crippen LogP contribution in [0.2, 0.25) is 0 Å². The molecule has 3 N–H and O–H groups in total. The molecule has 4 rings (SSSR count). The van der Waals surface area contributed by atoms with Gasteiger partial charge in [0.2, 0.25) is 5.91 Å². The number of thiazole rings is 1. The van der Waals surface area contributed by atoms with Crippen LogP contribution in [0.5, 0.6) is 0 Å². The second kappa shape index (κ2) is 4.96. The van der Waals surface area contributed by atoms with E-state index >= 15 is 0 Å². The van der Waals surface area contributed by atoms with Crippen LogP contribution in [0.25, 0.3) is 21.8 Å². The Bertz CT molecular complexity index is 885. The lowest BCUT2D eigenvalue weighted by atomic mass is 10.1. The SMILES string of the molecule is Nc1ccccc1-c1nc(-c2ccc3c(c2)CC(=O)N3)cs1. The summed E-state index contributed by atoms with van der Waals surface area (Å²) in [6.45, 7) is 0. The predicted molar refractivity (Wildman–Crippen MR) is 89.7 cm³/mol. The summed E-state index contributed by atoms with van der Waals surface area (Å²) in [6.07, 6.45) is 0.436. The lowest BCUT2D eigenvalue weighted by molar-refractivity contribution is -0.115. The van der Waals surface area contributed by atoms with E-state index in [4.69, 9.17) is 5.73 Å². The monoisotopic (exact) mass is 307 g/mol. The molecule has 0 saturated carbocycles. The summed E-state index contributed by atoms with van der Waals surface area (Å²) in [4.78, 5) is 16.1. The van der Waals surface area contributed by atoms with Gasteiger partial charge < -0.3 is 11.1 Å². The second-order valence-corrected chi connectivity index (χ2v) is 6.08. The summed E-state index contributed by atoms with van der Waals surface area (Å²) in [6, 6.07) is 13.7. The number of nitrogens with zero attached hydrogens (tertiary/aromatic N) is 1. The van der Waals surface area contributed by atoms with Gasteiger partial charge in [0.1, 0.15) is 5.01 Å². The van der Waals surface area contributed by atoms with E-state index < -0.39 is 0 Å². The molecule has 1 aliphatic rings. The first-order chi connectivity index (χ1) is 10.7. The van der Waals surface area contributed by atoms with Gasteiger partial charge in [-0.1, -0.05) is 18.2 Å². The molecular formula is C17H13N3OS. The number of benzene rings is 2. The number of anilines is 2. The van der Waals surface area contributed by atoms with Crippen LogP contribution in [0.15, 0.2) is 47.8 Å². The minimum atomic E-state index is 0.0446. The fraction of sp³-hybridized carbons (Fsp3) is 0.0588. The molecule has 1 aliphatic heterocycles. The standard InChI is InChI=1S/C17H13N3OS/c18-13-4-2-1-3-12(13)17-20-15(9-22-17)10-5-6-14-11(7-10)8-16(21)19-14/h1-7,9H,8,18H2,(H,19,21). The van der Waals surface area contributed by atoms with Gasteiger partial charge in [-0.2, -0.15) is 0 Å².